The summed E-state index contributed by atoms with van der Waals surface area (Å²) in [4.78, 5) is 39.1. The summed E-state index contributed by atoms with van der Waals surface area (Å²) in [5.41, 5.74) is 1.03. The van der Waals surface area contributed by atoms with Gasteiger partial charge in [-0.1, -0.05) is 16.1 Å². The number of nitriles is 1. The van der Waals surface area contributed by atoms with E-state index >= 15 is 0 Å². The predicted molar refractivity (Wildman–Crippen MR) is 111 cm³/mol. The number of hydrogen-bond donors (Lipinski definition) is 2. The molecule has 0 bridgehead atoms. The van der Waals surface area contributed by atoms with Crippen LogP contribution in [0, 0.1) is 24.2 Å². The molecule has 0 spiro atoms. The lowest BCUT2D eigenvalue weighted by Gasteiger charge is -2.31. The van der Waals surface area contributed by atoms with Gasteiger partial charge >= 0.3 is 11.8 Å². The average molecular weight is 447 g/mol. The molecule has 11 heteroatoms. The summed E-state index contributed by atoms with van der Waals surface area (Å²) >= 11 is 6.97. The predicted octanol–water partition coefficient (Wildman–Crippen LogP) is 1.98. The highest BCUT2D eigenvalue weighted by Gasteiger charge is 2.27. The largest absolute Gasteiger partial charge is 0.348 e. The molecule has 0 atom stereocenters. The van der Waals surface area contributed by atoms with E-state index in [9.17, 15) is 14.4 Å². The minimum absolute atomic E-state index is 0.0702. The van der Waals surface area contributed by atoms with Crippen LogP contribution in [-0.2, 0) is 9.59 Å². The maximum absolute atomic E-state index is 12.5. The van der Waals surface area contributed by atoms with Crippen molar-refractivity contribution < 1.29 is 14.4 Å². The maximum atomic E-state index is 12.5. The number of amides is 3. The summed E-state index contributed by atoms with van der Waals surface area (Å²) in [6, 6.07) is 6.34. The molecule has 1 aliphatic rings. The van der Waals surface area contributed by atoms with Gasteiger partial charge in [-0.15, -0.1) is 5.10 Å². The van der Waals surface area contributed by atoms with Gasteiger partial charge < -0.3 is 15.5 Å². The third-order valence-corrected chi connectivity index (χ3v) is 5.91. The van der Waals surface area contributed by atoms with Crippen molar-refractivity contribution >= 4 is 46.5 Å². The third-order valence-electron chi connectivity index (χ3n) is 4.86. The van der Waals surface area contributed by atoms with Crippen molar-refractivity contribution in [3.63, 3.8) is 0 Å². The maximum Gasteiger partial charge on any atom is 0.313 e. The van der Waals surface area contributed by atoms with Crippen LogP contribution in [0.15, 0.2) is 18.2 Å². The Kier molecular flexibility index (Phi) is 6.97. The fraction of sp³-hybridized carbons (Fsp3) is 0.368. The van der Waals surface area contributed by atoms with Gasteiger partial charge in [-0.05, 0) is 55.4 Å². The normalized spacial score (nSPS) is 14.1. The number of carbonyl (C=O) groups excluding carboxylic acids is 3. The number of aryl methyl sites for hydroxylation is 1. The van der Waals surface area contributed by atoms with Crippen LogP contribution >= 0.6 is 23.1 Å². The number of aromatic nitrogens is 2. The Morgan fingerprint density at radius 3 is 2.67 bits per heavy atom. The molecule has 0 saturated carbocycles. The fourth-order valence-corrected chi connectivity index (χ4v) is 3.92. The Morgan fingerprint density at radius 2 is 2.03 bits per heavy atom. The van der Waals surface area contributed by atoms with Gasteiger partial charge in [-0.2, -0.15) is 5.26 Å². The highest BCUT2D eigenvalue weighted by atomic mass is 35.5. The SMILES string of the molecule is Cc1nnsc1C(=O)N1CCC(CNC(=O)C(=O)Nc2cc(Cl)ccc2C#N)CC1. The van der Waals surface area contributed by atoms with Crippen molar-refractivity contribution in [2.75, 3.05) is 25.0 Å². The molecule has 0 radical (unpaired) electrons. The number of anilines is 1. The molecule has 2 aromatic rings. The number of halogens is 1. The lowest BCUT2D eigenvalue weighted by molar-refractivity contribution is -0.136. The molecule has 1 saturated heterocycles. The second-order valence-electron chi connectivity index (χ2n) is 6.89. The topological polar surface area (TPSA) is 128 Å². The van der Waals surface area contributed by atoms with E-state index in [-0.39, 0.29) is 23.1 Å². The van der Waals surface area contributed by atoms with E-state index in [1.807, 2.05) is 6.07 Å². The van der Waals surface area contributed by atoms with Crippen molar-refractivity contribution in [2.45, 2.75) is 19.8 Å². The first-order valence-electron chi connectivity index (χ1n) is 9.26. The van der Waals surface area contributed by atoms with Crippen molar-refractivity contribution in [2.24, 2.45) is 5.92 Å². The third kappa shape index (κ3) is 5.11. The molecule has 0 aliphatic carbocycles. The van der Waals surface area contributed by atoms with E-state index in [0.29, 0.717) is 48.1 Å². The lowest BCUT2D eigenvalue weighted by atomic mass is 9.96. The number of benzene rings is 1. The first-order chi connectivity index (χ1) is 14.4. The van der Waals surface area contributed by atoms with Gasteiger partial charge in [0.05, 0.1) is 16.9 Å². The van der Waals surface area contributed by atoms with Gasteiger partial charge in [0.15, 0.2) is 0 Å². The summed E-state index contributed by atoms with van der Waals surface area (Å²) in [5.74, 6) is -1.57. The van der Waals surface area contributed by atoms with Gasteiger partial charge in [-0.25, -0.2) is 0 Å². The van der Waals surface area contributed by atoms with Crippen LogP contribution in [0.2, 0.25) is 5.02 Å². The molecule has 3 amide bonds. The summed E-state index contributed by atoms with van der Waals surface area (Å²) < 4.78 is 3.80. The highest BCUT2D eigenvalue weighted by Crippen LogP contribution is 2.21. The number of hydrogen-bond acceptors (Lipinski definition) is 7. The molecule has 30 heavy (non-hydrogen) atoms. The summed E-state index contributed by atoms with van der Waals surface area (Å²) in [6.45, 7) is 3.22. The van der Waals surface area contributed by atoms with Gasteiger partial charge in [-0.3, -0.25) is 14.4 Å². The van der Waals surface area contributed by atoms with Crippen LogP contribution in [-0.4, -0.2) is 51.8 Å². The van der Waals surface area contributed by atoms with E-state index in [0.717, 1.165) is 11.5 Å². The van der Waals surface area contributed by atoms with Crippen LogP contribution in [0.5, 0.6) is 0 Å². The Bertz CT molecular complexity index is 1010. The van der Waals surface area contributed by atoms with Crippen LogP contribution in [0.1, 0.15) is 33.8 Å². The zero-order valence-electron chi connectivity index (χ0n) is 16.1. The first-order valence-corrected chi connectivity index (χ1v) is 10.4. The Hall–Kier alpha value is -3.03. The fourth-order valence-electron chi connectivity index (χ4n) is 3.13. The van der Waals surface area contributed by atoms with Crippen molar-refractivity contribution in [1.29, 1.82) is 5.26 Å². The molecule has 2 heterocycles. The van der Waals surface area contributed by atoms with E-state index in [1.165, 1.54) is 18.2 Å². The minimum atomic E-state index is -0.866. The average Bonchev–Trinajstić information content (AvgIpc) is 3.17. The summed E-state index contributed by atoms with van der Waals surface area (Å²) in [6.07, 6.45) is 1.43. The lowest BCUT2D eigenvalue weighted by Crippen LogP contribution is -2.43. The Balaban J connectivity index is 1.46. The molecular weight excluding hydrogens is 428 g/mol. The zero-order chi connectivity index (χ0) is 21.7. The molecule has 9 nitrogen and oxygen atoms in total. The second-order valence-corrected chi connectivity index (χ2v) is 8.08. The number of rotatable bonds is 4. The summed E-state index contributed by atoms with van der Waals surface area (Å²) in [7, 11) is 0. The van der Waals surface area contributed by atoms with E-state index < -0.39 is 11.8 Å². The molecule has 1 aliphatic heterocycles. The molecule has 0 unspecified atom stereocenters. The Labute approximate surface area is 182 Å². The van der Waals surface area contributed by atoms with Gasteiger partial charge in [0.1, 0.15) is 10.9 Å². The van der Waals surface area contributed by atoms with Crippen molar-refractivity contribution in [1.82, 2.24) is 19.8 Å². The number of nitrogens with zero attached hydrogens (tertiary/aromatic N) is 4. The van der Waals surface area contributed by atoms with Crippen LogP contribution in [0.25, 0.3) is 0 Å². The van der Waals surface area contributed by atoms with Gasteiger partial charge in [0.25, 0.3) is 5.91 Å². The Morgan fingerprint density at radius 1 is 1.30 bits per heavy atom. The molecular formula is C19H19ClN6O3S. The van der Waals surface area contributed by atoms with Crippen molar-refractivity contribution in [3.05, 3.63) is 39.4 Å². The minimum Gasteiger partial charge on any atom is -0.348 e. The zero-order valence-corrected chi connectivity index (χ0v) is 17.7. The standard InChI is InChI=1S/C19H19ClN6O3S/c1-11-16(30-25-24-11)19(29)26-6-4-12(5-7-26)10-22-17(27)18(28)23-15-8-14(20)3-2-13(15)9-21/h2-3,8,12H,4-7,10H2,1H3,(H,22,27)(H,23,28). The first kappa shape index (κ1) is 21.7. The molecule has 1 aromatic carbocycles. The number of carbonyl (C=O) groups is 3. The van der Waals surface area contributed by atoms with E-state index in [4.69, 9.17) is 16.9 Å². The monoisotopic (exact) mass is 446 g/mol. The van der Waals surface area contributed by atoms with Crippen LogP contribution in [0.4, 0.5) is 5.69 Å². The molecule has 1 fully saturated rings. The quantitative estimate of drug-likeness (QED) is 0.691. The molecule has 2 N–H and O–H groups in total. The van der Waals surface area contributed by atoms with Crippen molar-refractivity contribution in [3.8, 4) is 6.07 Å². The number of nitrogens with one attached hydrogen (secondary N) is 2. The molecule has 1 aromatic heterocycles. The van der Waals surface area contributed by atoms with E-state index in [2.05, 4.69) is 20.2 Å². The highest BCUT2D eigenvalue weighted by molar-refractivity contribution is 7.07. The second kappa shape index (κ2) is 9.65. The molecule has 3 rings (SSSR count). The number of likely N-dealkylation sites (tertiary alicyclic amines) is 1. The number of piperidine rings is 1. The molecule has 156 valence electrons. The van der Waals surface area contributed by atoms with Crippen LogP contribution < -0.4 is 10.6 Å². The van der Waals surface area contributed by atoms with Gasteiger partial charge in [0, 0.05) is 24.7 Å². The summed E-state index contributed by atoms with van der Waals surface area (Å²) in [5, 5.41) is 18.3. The smallest absolute Gasteiger partial charge is 0.313 e. The van der Waals surface area contributed by atoms with E-state index in [1.54, 1.807) is 11.8 Å². The van der Waals surface area contributed by atoms with Crippen LogP contribution in [0.3, 0.4) is 0 Å². The van der Waals surface area contributed by atoms with Gasteiger partial charge in [0.2, 0.25) is 0 Å².